The number of pyridine rings is 2. The van der Waals surface area contributed by atoms with Gasteiger partial charge in [0, 0.05) is 54.6 Å². The quantitative estimate of drug-likeness (QED) is 0.527. The number of carbonyl (C=O) groups excluding carboxylic acids is 1. The summed E-state index contributed by atoms with van der Waals surface area (Å²) in [6.45, 7) is 2.63. The topological polar surface area (TPSA) is 96.5 Å². The van der Waals surface area contributed by atoms with Gasteiger partial charge in [-0.3, -0.25) is 14.9 Å². The van der Waals surface area contributed by atoms with Gasteiger partial charge in [0.15, 0.2) is 0 Å². The molecule has 1 aliphatic heterocycles. The molecule has 3 heterocycles. The zero-order valence-electron chi connectivity index (χ0n) is 16.2. The molecular weight excluding hydrogens is 364 g/mol. The number of hydrogen-bond acceptors (Lipinski definition) is 4. The Morgan fingerprint density at radius 1 is 1.17 bits per heavy atom. The number of piperidine rings is 1. The molecule has 0 bridgehead atoms. The molecule has 0 saturated carbocycles. The number of fused-ring (bicyclic) bond motifs is 1. The Bertz CT molecular complexity index is 1010. The van der Waals surface area contributed by atoms with Crippen LogP contribution >= 0.6 is 0 Å². The second-order valence-electron chi connectivity index (χ2n) is 7.30. The van der Waals surface area contributed by atoms with E-state index in [0.717, 1.165) is 43.2 Å². The number of amides is 2. The molecule has 0 spiro atoms. The summed E-state index contributed by atoms with van der Waals surface area (Å²) >= 11 is 0. The number of aliphatic imine (C=N–C) groups is 1. The second-order valence-corrected chi connectivity index (χ2v) is 7.30. The molecule has 7 nitrogen and oxygen atoms in total. The second kappa shape index (κ2) is 8.79. The van der Waals surface area contributed by atoms with Crippen LogP contribution in [0.3, 0.4) is 0 Å². The minimum absolute atomic E-state index is 0.0721. The van der Waals surface area contributed by atoms with Gasteiger partial charge in [0.2, 0.25) is 0 Å². The van der Waals surface area contributed by atoms with Crippen molar-refractivity contribution >= 4 is 28.3 Å². The predicted molar refractivity (Wildman–Crippen MR) is 115 cm³/mol. The monoisotopic (exact) mass is 388 g/mol. The Morgan fingerprint density at radius 3 is 2.93 bits per heavy atom. The molecule has 29 heavy (non-hydrogen) atoms. The number of likely N-dealkylation sites (tertiary alicyclic amines) is 1. The first-order valence-electron chi connectivity index (χ1n) is 9.78. The van der Waals surface area contributed by atoms with Crippen molar-refractivity contribution in [3.63, 3.8) is 0 Å². The Hall–Kier alpha value is -3.32. The van der Waals surface area contributed by atoms with Gasteiger partial charge in [-0.2, -0.15) is 4.99 Å². The first kappa shape index (κ1) is 19.0. The van der Waals surface area contributed by atoms with Crippen molar-refractivity contribution in [1.29, 1.82) is 0 Å². The molecule has 1 atom stereocenters. The van der Waals surface area contributed by atoms with Crippen molar-refractivity contribution in [1.82, 2.24) is 14.9 Å². The normalized spacial score (nSPS) is 17.9. The van der Waals surface area contributed by atoms with Gasteiger partial charge in [-0.1, -0.05) is 18.2 Å². The maximum atomic E-state index is 12.5. The number of aromatic nitrogens is 2. The lowest BCUT2D eigenvalue weighted by molar-refractivity contribution is 0.196. The maximum Gasteiger partial charge on any atom is 0.347 e. The fourth-order valence-corrected chi connectivity index (χ4v) is 3.77. The average Bonchev–Trinajstić information content (AvgIpc) is 2.75. The number of urea groups is 1. The number of nitrogens with two attached hydrogens (primary N) is 1. The van der Waals surface area contributed by atoms with Gasteiger partial charge in [-0.25, -0.2) is 4.79 Å². The SMILES string of the molecule is N/C(=N\C(=O)Nc1cccc2cnccc12)C1CCCN(Cc2cccnc2)C1. The third kappa shape index (κ3) is 4.75. The van der Waals surface area contributed by atoms with Crippen molar-refractivity contribution in [3.05, 3.63) is 66.7 Å². The lowest BCUT2D eigenvalue weighted by atomic mass is 9.96. The summed E-state index contributed by atoms with van der Waals surface area (Å²) < 4.78 is 0. The van der Waals surface area contributed by atoms with E-state index >= 15 is 0 Å². The van der Waals surface area contributed by atoms with Crippen LogP contribution in [0.15, 0.2) is 66.2 Å². The number of nitrogens with zero attached hydrogens (tertiary/aromatic N) is 4. The van der Waals surface area contributed by atoms with Gasteiger partial charge in [0.25, 0.3) is 0 Å². The van der Waals surface area contributed by atoms with Gasteiger partial charge in [0.05, 0.1) is 5.69 Å². The van der Waals surface area contributed by atoms with Crippen LogP contribution in [0.1, 0.15) is 18.4 Å². The highest BCUT2D eigenvalue weighted by Gasteiger charge is 2.23. The Balaban J connectivity index is 1.41. The maximum absolute atomic E-state index is 12.5. The minimum atomic E-state index is -0.448. The van der Waals surface area contributed by atoms with Crippen LogP contribution < -0.4 is 11.1 Å². The molecule has 1 unspecified atom stereocenters. The number of amidine groups is 1. The van der Waals surface area contributed by atoms with E-state index in [2.05, 4.69) is 31.2 Å². The Morgan fingerprint density at radius 2 is 2.07 bits per heavy atom. The van der Waals surface area contributed by atoms with Crippen molar-refractivity contribution in [2.45, 2.75) is 19.4 Å². The molecule has 1 fully saturated rings. The van der Waals surface area contributed by atoms with Gasteiger partial charge in [-0.15, -0.1) is 0 Å². The number of nitrogens with one attached hydrogen (secondary N) is 1. The van der Waals surface area contributed by atoms with Crippen LogP contribution in [0.4, 0.5) is 10.5 Å². The number of benzene rings is 1. The van der Waals surface area contributed by atoms with Crippen molar-refractivity contribution < 1.29 is 4.79 Å². The van der Waals surface area contributed by atoms with Gasteiger partial charge >= 0.3 is 6.03 Å². The molecule has 1 aliphatic rings. The number of hydrogen-bond donors (Lipinski definition) is 2. The molecule has 0 radical (unpaired) electrons. The van der Waals surface area contributed by atoms with Gasteiger partial charge in [0.1, 0.15) is 5.84 Å². The van der Waals surface area contributed by atoms with E-state index in [1.807, 2.05) is 36.5 Å². The first-order valence-corrected chi connectivity index (χ1v) is 9.78. The van der Waals surface area contributed by atoms with Crippen LogP contribution in [-0.2, 0) is 6.54 Å². The third-order valence-electron chi connectivity index (χ3n) is 5.21. The van der Waals surface area contributed by atoms with E-state index in [0.29, 0.717) is 11.5 Å². The molecule has 3 N–H and O–H groups in total. The summed E-state index contributed by atoms with van der Waals surface area (Å²) in [6, 6.07) is 11.1. The minimum Gasteiger partial charge on any atom is -0.387 e. The van der Waals surface area contributed by atoms with E-state index in [4.69, 9.17) is 5.73 Å². The number of anilines is 1. The fourth-order valence-electron chi connectivity index (χ4n) is 3.77. The van der Waals surface area contributed by atoms with Crippen LogP contribution in [0.5, 0.6) is 0 Å². The largest absolute Gasteiger partial charge is 0.387 e. The lowest BCUT2D eigenvalue weighted by Gasteiger charge is -2.32. The van der Waals surface area contributed by atoms with Crippen LogP contribution in [-0.4, -0.2) is 39.8 Å². The first-order chi connectivity index (χ1) is 14.2. The molecular formula is C22H24N6O. The summed E-state index contributed by atoms with van der Waals surface area (Å²) in [5, 5.41) is 4.73. The molecule has 4 rings (SSSR count). The lowest BCUT2D eigenvalue weighted by Crippen LogP contribution is -2.41. The molecule has 2 aromatic heterocycles. The summed E-state index contributed by atoms with van der Waals surface area (Å²) in [7, 11) is 0. The number of rotatable bonds is 4. The Labute approximate surface area is 169 Å². The van der Waals surface area contributed by atoms with Crippen molar-refractivity contribution in [3.8, 4) is 0 Å². The third-order valence-corrected chi connectivity index (χ3v) is 5.21. The van der Waals surface area contributed by atoms with E-state index in [1.54, 1.807) is 18.6 Å². The van der Waals surface area contributed by atoms with Gasteiger partial charge in [-0.05, 0) is 43.1 Å². The van der Waals surface area contributed by atoms with E-state index < -0.39 is 6.03 Å². The van der Waals surface area contributed by atoms with Crippen LogP contribution in [0.25, 0.3) is 10.8 Å². The smallest absolute Gasteiger partial charge is 0.347 e. The Kier molecular flexibility index (Phi) is 5.76. The fraction of sp³-hybridized carbons (Fsp3) is 0.273. The zero-order chi connectivity index (χ0) is 20.1. The summed E-state index contributed by atoms with van der Waals surface area (Å²) in [5.74, 6) is 0.461. The molecule has 0 aliphatic carbocycles. The number of carbonyl (C=O) groups is 1. The molecule has 7 heteroatoms. The van der Waals surface area contributed by atoms with Crippen LogP contribution in [0.2, 0.25) is 0 Å². The molecule has 3 aromatic rings. The zero-order valence-corrected chi connectivity index (χ0v) is 16.2. The van der Waals surface area contributed by atoms with E-state index in [1.165, 1.54) is 5.56 Å². The average molecular weight is 388 g/mol. The van der Waals surface area contributed by atoms with Crippen molar-refractivity contribution in [2.75, 3.05) is 18.4 Å². The van der Waals surface area contributed by atoms with E-state index in [-0.39, 0.29) is 5.92 Å². The molecule has 2 amide bonds. The molecule has 1 aromatic carbocycles. The standard InChI is InChI=1S/C22H24N6O/c23-21(18-6-3-11-28(15-18)14-16-4-2-9-24-12-16)27-22(29)26-20-7-1-5-17-13-25-10-8-19(17)20/h1-2,4-5,7-10,12-13,18H,3,6,11,14-15H2,(H3,23,26,27,29). The summed E-state index contributed by atoms with van der Waals surface area (Å²) in [5.41, 5.74) is 8.09. The summed E-state index contributed by atoms with van der Waals surface area (Å²) in [4.78, 5) is 27.2. The molecule has 1 saturated heterocycles. The highest BCUT2D eigenvalue weighted by molar-refractivity contribution is 6.05. The van der Waals surface area contributed by atoms with E-state index in [9.17, 15) is 4.79 Å². The highest BCUT2D eigenvalue weighted by atomic mass is 16.2. The van der Waals surface area contributed by atoms with Crippen molar-refractivity contribution in [2.24, 2.45) is 16.6 Å². The highest BCUT2D eigenvalue weighted by Crippen LogP contribution is 2.23. The molecule has 148 valence electrons. The van der Waals surface area contributed by atoms with Crippen LogP contribution in [0, 0.1) is 5.92 Å². The predicted octanol–water partition coefficient (Wildman–Crippen LogP) is 3.43. The summed E-state index contributed by atoms with van der Waals surface area (Å²) in [6.07, 6.45) is 9.09. The van der Waals surface area contributed by atoms with Gasteiger partial charge < -0.3 is 11.1 Å².